The number of hydrogen-bond donors (Lipinski definition) is 0. The van der Waals surface area contributed by atoms with Crippen LogP contribution in [0.15, 0.2) is 46.7 Å². The van der Waals surface area contributed by atoms with Crippen LogP contribution in [-0.4, -0.2) is 31.6 Å². The standard InChI is InChI=1S/C21H20ClF3N2O4/c1-12-7-5-8-14(19(27-30-4)20(28)29-3)15(12)11-31-26-13(2)18-16(21(23,24)25)9-6-10-17(18)22/h5-10H,11H2,1-4H3/b26-13+,27-19+. The molecule has 0 aliphatic carbocycles. The van der Waals surface area contributed by atoms with Crippen molar-refractivity contribution >= 4 is 29.0 Å². The maximum atomic E-state index is 13.3. The minimum Gasteiger partial charge on any atom is -0.464 e. The monoisotopic (exact) mass is 456 g/mol. The Labute approximate surface area is 182 Å². The van der Waals surface area contributed by atoms with E-state index in [4.69, 9.17) is 26.0 Å². The third-order valence-corrected chi connectivity index (χ3v) is 4.63. The molecule has 0 N–H and O–H groups in total. The fraction of sp³-hybridized carbons (Fsp3) is 0.286. The van der Waals surface area contributed by atoms with Gasteiger partial charge in [0.15, 0.2) is 5.71 Å². The Balaban J connectivity index is 2.38. The normalized spacial score (nSPS) is 12.5. The molecule has 2 aromatic rings. The topological polar surface area (TPSA) is 69.5 Å². The number of carbonyl (C=O) groups excluding carboxylic acids is 1. The summed E-state index contributed by atoms with van der Waals surface area (Å²) < 4.78 is 44.7. The van der Waals surface area contributed by atoms with Gasteiger partial charge in [-0.3, -0.25) is 0 Å². The van der Waals surface area contributed by atoms with Gasteiger partial charge in [-0.05, 0) is 31.5 Å². The lowest BCUT2D eigenvalue weighted by Crippen LogP contribution is -2.20. The second-order valence-electron chi connectivity index (χ2n) is 6.33. The number of aryl methyl sites for hydroxylation is 1. The summed E-state index contributed by atoms with van der Waals surface area (Å²) in [5.41, 5.74) is 0.349. The molecule has 0 heterocycles. The Kier molecular flexibility index (Phi) is 8.04. The van der Waals surface area contributed by atoms with Gasteiger partial charge >= 0.3 is 12.1 Å². The van der Waals surface area contributed by atoms with Gasteiger partial charge in [-0.2, -0.15) is 13.2 Å². The van der Waals surface area contributed by atoms with Crippen LogP contribution in [0.4, 0.5) is 13.2 Å². The molecule has 0 radical (unpaired) electrons. The lowest BCUT2D eigenvalue weighted by atomic mass is 9.99. The maximum Gasteiger partial charge on any atom is 0.417 e. The van der Waals surface area contributed by atoms with E-state index in [0.717, 1.165) is 11.6 Å². The van der Waals surface area contributed by atoms with Gasteiger partial charge in [0.05, 0.1) is 23.4 Å². The zero-order valence-corrected chi connectivity index (χ0v) is 18.0. The van der Waals surface area contributed by atoms with Crippen LogP contribution in [0, 0.1) is 6.92 Å². The molecule has 0 bridgehead atoms. The van der Waals surface area contributed by atoms with Crippen LogP contribution in [0.5, 0.6) is 0 Å². The van der Waals surface area contributed by atoms with Crippen molar-refractivity contribution in [2.45, 2.75) is 26.6 Å². The molecule has 0 atom stereocenters. The van der Waals surface area contributed by atoms with Gasteiger partial charge in [0, 0.05) is 16.7 Å². The molecule has 0 amide bonds. The van der Waals surface area contributed by atoms with Crippen LogP contribution in [0.1, 0.15) is 34.7 Å². The van der Waals surface area contributed by atoms with Crippen molar-refractivity contribution in [2.24, 2.45) is 10.3 Å². The molecule has 0 fully saturated rings. The summed E-state index contributed by atoms with van der Waals surface area (Å²) in [6.07, 6.45) is -4.60. The predicted octanol–water partition coefficient (Wildman–Crippen LogP) is 5.13. The molecule has 0 saturated heterocycles. The highest BCUT2D eigenvalue weighted by Crippen LogP contribution is 2.35. The molecule has 166 valence electrons. The number of hydrogen-bond acceptors (Lipinski definition) is 6. The average molecular weight is 457 g/mol. The summed E-state index contributed by atoms with van der Waals surface area (Å²) >= 11 is 5.99. The van der Waals surface area contributed by atoms with Crippen molar-refractivity contribution in [3.63, 3.8) is 0 Å². The molecule has 0 saturated carbocycles. The summed E-state index contributed by atoms with van der Waals surface area (Å²) in [7, 11) is 2.49. The highest BCUT2D eigenvalue weighted by molar-refractivity contribution is 6.43. The molecule has 0 aliphatic heterocycles. The van der Waals surface area contributed by atoms with Crippen molar-refractivity contribution in [3.05, 3.63) is 69.2 Å². The van der Waals surface area contributed by atoms with E-state index in [1.807, 2.05) is 0 Å². The highest BCUT2D eigenvalue weighted by atomic mass is 35.5. The maximum absolute atomic E-state index is 13.3. The van der Waals surface area contributed by atoms with E-state index in [9.17, 15) is 18.0 Å². The third-order valence-electron chi connectivity index (χ3n) is 4.32. The Morgan fingerprint density at radius 3 is 2.39 bits per heavy atom. The molecule has 0 aromatic heterocycles. The van der Waals surface area contributed by atoms with Crippen molar-refractivity contribution in [1.82, 2.24) is 0 Å². The fourth-order valence-electron chi connectivity index (χ4n) is 2.87. The summed E-state index contributed by atoms with van der Waals surface area (Å²) in [5.74, 6) is -0.723. The lowest BCUT2D eigenvalue weighted by molar-refractivity contribution is -0.137. The highest BCUT2D eigenvalue weighted by Gasteiger charge is 2.35. The van der Waals surface area contributed by atoms with E-state index < -0.39 is 17.7 Å². The van der Waals surface area contributed by atoms with Crippen molar-refractivity contribution < 1.29 is 32.4 Å². The minimum atomic E-state index is -4.60. The number of oxime groups is 2. The first-order valence-electron chi connectivity index (χ1n) is 8.92. The Hall–Kier alpha value is -3.07. The van der Waals surface area contributed by atoms with E-state index in [1.54, 1.807) is 25.1 Å². The summed E-state index contributed by atoms with van der Waals surface area (Å²) in [5, 5.41) is 7.44. The summed E-state index contributed by atoms with van der Waals surface area (Å²) in [4.78, 5) is 22.1. The Morgan fingerprint density at radius 1 is 1.10 bits per heavy atom. The minimum absolute atomic E-state index is 0.0493. The van der Waals surface area contributed by atoms with E-state index >= 15 is 0 Å². The van der Waals surface area contributed by atoms with E-state index in [0.29, 0.717) is 11.1 Å². The number of esters is 1. The van der Waals surface area contributed by atoms with Gasteiger partial charge in [0.2, 0.25) is 0 Å². The van der Waals surface area contributed by atoms with E-state index in [-0.39, 0.29) is 28.6 Å². The molecule has 0 aliphatic rings. The quantitative estimate of drug-likeness (QED) is 0.329. The number of ether oxygens (including phenoxy) is 1. The van der Waals surface area contributed by atoms with Crippen LogP contribution >= 0.6 is 11.6 Å². The molecule has 6 nitrogen and oxygen atoms in total. The number of rotatable bonds is 7. The summed E-state index contributed by atoms with van der Waals surface area (Å²) in [6, 6.07) is 8.57. The van der Waals surface area contributed by atoms with Gasteiger partial charge < -0.3 is 14.4 Å². The molecule has 2 aromatic carbocycles. The van der Waals surface area contributed by atoms with Crippen LogP contribution in [0.3, 0.4) is 0 Å². The van der Waals surface area contributed by atoms with Gasteiger partial charge in [-0.15, -0.1) is 0 Å². The van der Waals surface area contributed by atoms with Crippen LogP contribution < -0.4 is 0 Å². The van der Waals surface area contributed by atoms with Crippen LogP contribution in [0.2, 0.25) is 5.02 Å². The molecule has 2 rings (SSSR count). The summed E-state index contributed by atoms with van der Waals surface area (Å²) in [6.45, 7) is 2.99. The number of carbonyl (C=O) groups is 1. The first-order chi connectivity index (χ1) is 14.6. The SMILES string of the molecule is CO/N=C(/C(=O)OC)c1cccc(C)c1CO/N=C(\C)c1c(Cl)cccc1C(F)(F)F. The zero-order valence-electron chi connectivity index (χ0n) is 17.2. The first kappa shape index (κ1) is 24.2. The Bertz CT molecular complexity index is 1020. The van der Waals surface area contributed by atoms with Gasteiger partial charge in [-0.25, -0.2) is 4.79 Å². The zero-order chi connectivity index (χ0) is 23.2. The van der Waals surface area contributed by atoms with Gasteiger partial charge in [-0.1, -0.05) is 46.2 Å². The third kappa shape index (κ3) is 5.75. The number of alkyl halides is 3. The smallest absolute Gasteiger partial charge is 0.417 e. The molecule has 0 unspecified atom stereocenters. The largest absolute Gasteiger partial charge is 0.464 e. The number of nitrogens with zero attached hydrogens (tertiary/aromatic N) is 2. The average Bonchev–Trinajstić information content (AvgIpc) is 2.71. The van der Waals surface area contributed by atoms with Gasteiger partial charge in [0.25, 0.3) is 0 Å². The predicted molar refractivity (Wildman–Crippen MR) is 110 cm³/mol. The molecule has 0 spiro atoms. The van der Waals surface area contributed by atoms with Crippen molar-refractivity contribution in [3.8, 4) is 0 Å². The number of halogens is 4. The van der Waals surface area contributed by atoms with Crippen LogP contribution in [-0.2, 0) is 32.0 Å². The van der Waals surface area contributed by atoms with Crippen molar-refractivity contribution in [1.29, 1.82) is 0 Å². The molecular weight excluding hydrogens is 437 g/mol. The van der Waals surface area contributed by atoms with Crippen LogP contribution in [0.25, 0.3) is 0 Å². The van der Waals surface area contributed by atoms with Gasteiger partial charge in [0.1, 0.15) is 13.7 Å². The molecular formula is C21H20ClF3N2O4. The van der Waals surface area contributed by atoms with Crippen molar-refractivity contribution in [2.75, 3.05) is 14.2 Å². The second-order valence-corrected chi connectivity index (χ2v) is 6.73. The first-order valence-corrected chi connectivity index (χ1v) is 9.30. The second kappa shape index (κ2) is 10.3. The number of methoxy groups -OCH3 is 1. The van der Waals surface area contributed by atoms with E-state index in [1.165, 1.54) is 33.3 Å². The molecule has 31 heavy (non-hydrogen) atoms. The Morgan fingerprint density at radius 2 is 1.77 bits per heavy atom. The number of benzene rings is 2. The lowest BCUT2D eigenvalue weighted by Gasteiger charge is -2.15. The van der Waals surface area contributed by atoms with E-state index in [2.05, 4.69) is 10.3 Å². The molecule has 10 heteroatoms. The fourth-order valence-corrected chi connectivity index (χ4v) is 3.18.